The van der Waals surface area contributed by atoms with Gasteiger partial charge >= 0.3 is 0 Å². The zero-order valence-electron chi connectivity index (χ0n) is 14.0. The summed E-state index contributed by atoms with van der Waals surface area (Å²) in [5.41, 5.74) is 0.895. The molecule has 1 aliphatic heterocycles. The van der Waals surface area contributed by atoms with E-state index in [0.717, 1.165) is 5.56 Å². The van der Waals surface area contributed by atoms with Gasteiger partial charge in [-0.1, -0.05) is 12.1 Å². The minimum absolute atomic E-state index is 0.0428. The van der Waals surface area contributed by atoms with Crippen molar-refractivity contribution in [3.05, 3.63) is 41.6 Å². The summed E-state index contributed by atoms with van der Waals surface area (Å²) in [6.45, 7) is 0.351. The summed E-state index contributed by atoms with van der Waals surface area (Å²) < 4.78 is 23.0. The Kier molecular flexibility index (Phi) is 6.04. The van der Waals surface area contributed by atoms with Gasteiger partial charge in [0, 0.05) is 25.8 Å². The fourth-order valence-corrected chi connectivity index (χ4v) is 4.41. The molecule has 1 aromatic rings. The van der Waals surface area contributed by atoms with Gasteiger partial charge in [-0.05, 0) is 30.5 Å². The molecule has 7 nitrogen and oxygen atoms in total. The number of rotatable bonds is 6. The molecule has 1 saturated heterocycles. The van der Waals surface area contributed by atoms with Gasteiger partial charge in [-0.15, -0.1) is 0 Å². The van der Waals surface area contributed by atoms with E-state index in [9.17, 15) is 23.6 Å². The number of nitrogens with one attached hydrogen (secondary N) is 1. The highest BCUT2D eigenvalue weighted by molar-refractivity contribution is 7.91. The molecule has 1 heterocycles. The summed E-state index contributed by atoms with van der Waals surface area (Å²) in [7, 11) is -1.35. The van der Waals surface area contributed by atoms with E-state index in [0.29, 0.717) is 19.4 Å². The van der Waals surface area contributed by atoms with Crippen molar-refractivity contribution in [2.75, 3.05) is 25.1 Å². The monoisotopic (exact) mass is 363 g/mol. The molecule has 0 saturated carbocycles. The Bertz CT molecular complexity index is 794. The van der Waals surface area contributed by atoms with Gasteiger partial charge in [-0.25, -0.2) is 8.42 Å². The lowest BCUT2D eigenvalue weighted by Crippen LogP contribution is -2.31. The molecular weight excluding hydrogens is 342 g/mol. The van der Waals surface area contributed by atoms with Crippen LogP contribution in [0.3, 0.4) is 0 Å². The molecule has 134 valence electrons. The van der Waals surface area contributed by atoms with E-state index in [-0.39, 0.29) is 28.9 Å². The quantitative estimate of drug-likeness (QED) is 0.565. The minimum Gasteiger partial charge on any atom is -0.508 e. The molecule has 1 fully saturated rings. The molecule has 8 heteroatoms. The average molecular weight is 363 g/mol. The lowest BCUT2D eigenvalue weighted by Gasteiger charge is -2.21. The molecule has 1 amide bonds. The first kappa shape index (κ1) is 18.8. The van der Waals surface area contributed by atoms with E-state index in [1.807, 2.05) is 6.07 Å². The third-order valence-electron chi connectivity index (χ3n) is 4.12. The molecule has 0 aliphatic carbocycles. The van der Waals surface area contributed by atoms with Crippen molar-refractivity contribution in [1.82, 2.24) is 10.2 Å². The molecule has 0 radical (unpaired) electrons. The summed E-state index contributed by atoms with van der Waals surface area (Å²) in [5, 5.41) is 21.1. The van der Waals surface area contributed by atoms with E-state index >= 15 is 0 Å². The van der Waals surface area contributed by atoms with Crippen LogP contribution in [0.4, 0.5) is 0 Å². The Labute approximate surface area is 147 Å². The zero-order chi connectivity index (χ0) is 18.4. The molecule has 0 aromatic heterocycles. The van der Waals surface area contributed by atoms with Crippen LogP contribution in [-0.4, -0.2) is 55.5 Å². The number of sulfone groups is 1. The molecule has 1 unspecified atom stereocenters. The first-order valence-electron chi connectivity index (χ1n) is 7.91. The summed E-state index contributed by atoms with van der Waals surface area (Å²) in [5.74, 6) is -0.133. The highest BCUT2D eigenvalue weighted by Crippen LogP contribution is 2.17. The second-order valence-corrected chi connectivity index (χ2v) is 8.28. The summed E-state index contributed by atoms with van der Waals surface area (Å²) >= 11 is 0. The SMILES string of the molecule is CN(/C=C(/C#N)C(=O)NCCc1ccc(O)cc1)C1CCS(=O)(=O)C1. The van der Waals surface area contributed by atoms with Crippen LogP contribution in [0.15, 0.2) is 36.0 Å². The van der Waals surface area contributed by atoms with Crippen molar-refractivity contribution in [2.24, 2.45) is 0 Å². The fraction of sp³-hybridized carbons (Fsp3) is 0.412. The van der Waals surface area contributed by atoms with E-state index < -0.39 is 15.7 Å². The Hall–Kier alpha value is -2.53. The number of phenolic OH excluding ortho intramolecular Hbond substituents is 1. The molecule has 1 atom stereocenters. The molecule has 25 heavy (non-hydrogen) atoms. The molecule has 2 N–H and O–H groups in total. The molecule has 0 bridgehead atoms. The summed E-state index contributed by atoms with van der Waals surface area (Å²) in [6, 6.07) is 8.31. The van der Waals surface area contributed by atoms with E-state index in [1.54, 1.807) is 36.2 Å². The molecular formula is C17H21N3O4S. The molecule has 1 aliphatic rings. The van der Waals surface area contributed by atoms with E-state index in [2.05, 4.69) is 5.32 Å². The van der Waals surface area contributed by atoms with Gasteiger partial charge in [0.1, 0.15) is 17.4 Å². The van der Waals surface area contributed by atoms with E-state index in [1.165, 1.54) is 6.20 Å². The number of hydrogen-bond acceptors (Lipinski definition) is 6. The Morgan fingerprint density at radius 3 is 2.68 bits per heavy atom. The Balaban J connectivity index is 1.89. The second kappa shape index (κ2) is 8.03. The first-order valence-corrected chi connectivity index (χ1v) is 9.73. The maximum Gasteiger partial charge on any atom is 0.263 e. The number of nitriles is 1. The van der Waals surface area contributed by atoms with Crippen molar-refractivity contribution in [2.45, 2.75) is 18.9 Å². The van der Waals surface area contributed by atoms with Gasteiger partial charge < -0.3 is 15.3 Å². The number of hydrogen-bond donors (Lipinski definition) is 2. The standard InChI is InChI=1S/C17H21N3O4S/c1-20(15-7-9-25(23,24)12-15)11-14(10-18)17(22)19-8-6-13-2-4-16(21)5-3-13/h2-5,11,15,21H,6-9,12H2,1H3,(H,19,22)/b14-11-. The predicted octanol–water partition coefficient (Wildman–Crippen LogP) is 0.577. The maximum atomic E-state index is 12.1. The minimum atomic E-state index is -3.02. The average Bonchev–Trinajstić information content (AvgIpc) is 2.94. The van der Waals surface area contributed by atoms with Gasteiger partial charge in [0.25, 0.3) is 5.91 Å². The molecule has 1 aromatic carbocycles. The molecule has 2 rings (SSSR count). The summed E-state index contributed by atoms with van der Waals surface area (Å²) in [6.07, 6.45) is 2.47. The van der Waals surface area contributed by atoms with Crippen molar-refractivity contribution in [3.63, 3.8) is 0 Å². The van der Waals surface area contributed by atoms with Gasteiger partial charge in [0.2, 0.25) is 0 Å². The predicted molar refractivity (Wildman–Crippen MR) is 93.3 cm³/mol. The number of benzene rings is 1. The van der Waals surface area contributed by atoms with Crippen LogP contribution in [0, 0.1) is 11.3 Å². The number of carbonyl (C=O) groups excluding carboxylic acids is 1. The Morgan fingerprint density at radius 1 is 1.44 bits per heavy atom. The van der Waals surface area contributed by atoms with Crippen molar-refractivity contribution < 1.29 is 18.3 Å². The normalized spacial score (nSPS) is 19.2. The first-order chi connectivity index (χ1) is 11.8. The number of phenols is 1. The third-order valence-corrected chi connectivity index (χ3v) is 5.87. The van der Waals surface area contributed by atoms with Crippen molar-refractivity contribution in [3.8, 4) is 11.8 Å². The highest BCUT2D eigenvalue weighted by atomic mass is 32.2. The van der Waals surface area contributed by atoms with Gasteiger partial charge in [-0.3, -0.25) is 4.79 Å². The van der Waals surface area contributed by atoms with Crippen molar-refractivity contribution >= 4 is 15.7 Å². The highest BCUT2D eigenvalue weighted by Gasteiger charge is 2.30. The third kappa shape index (κ3) is 5.50. The second-order valence-electron chi connectivity index (χ2n) is 6.05. The van der Waals surface area contributed by atoms with Crippen LogP contribution >= 0.6 is 0 Å². The largest absolute Gasteiger partial charge is 0.508 e. The fourth-order valence-electron chi connectivity index (χ4n) is 2.62. The number of aromatic hydroxyl groups is 1. The maximum absolute atomic E-state index is 12.1. The van der Waals surface area contributed by atoms with Crippen LogP contribution in [0.25, 0.3) is 0 Å². The number of nitrogens with zero attached hydrogens (tertiary/aromatic N) is 2. The van der Waals surface area contributed by atoms with Crippen LogP contribution in [-0.2, 0) is 21.1 Å². The lowest BCUT2D eigenvalue weighted by atomic mass is 10.1. The smallest absolute Gasteiger partial charge is 0.263 e. The number of carbonyl (C=O) groups is 1. The lowest BCUT2D eigenvalue weighted by molar-refractivity contribution is -0.117. The zero-order valence-corrected chi connectivity index (χ0v) is 14.8. The summed E-state index contributed by atoms with van der Waals surface area (Å²) in [4.78, 5) is 13.7. The van der Waals surface area contributed by atoms with E-state index in [4.69, 9.17) is 0 Å². The van der Waals surface area contributed by atoms with Crippen LogP contribution in [0.1, 0.15) is 12.0 Å². The van der Waals surface area contributed by atoms with Crippen LogP contribution in [0.5, 0.6) is 5.75 Å². The van der Waals surface area contributed by atoms with Gasteiger partial charge in [-0.2, -0.15) is 5.26 Å². The Morgan fingerprint density at radius 2 is 2.12 bits per heavy atom. The van der Waals surface area contributed by atoms with Crippen LogP contribution in [0.2, 0.25) is 0 Å². The van der Waals surface area contributed by atoms with Gasteiger partial charge in [0.05, 0.1) is 11.5 Å². The van der Waals surface area contributed by atoms with Crippen LogP contribution < -0.4 is 5.32 Å². The topological polar surface area (TPSA) is 110 Å². The van der Waals surface area contributed by atoms with Crippen molar-refractivity contribution in [1.29, 1.82) is 5.26 Å². The van der Waals surface area contributed by atoms with Gasteiger partial charge in [0.15, 0.2) is 9.84 Å². The molecule has 0 spiro atoms. The number of amides is 1.